The van der Waals surface area contributed by atoms with Crippen molar-refractivity contribution in [1.29, 1.82) is 5.26 Å². The van der Waals surface area contributed by atoms with E-state index in [0.717, 1.165) is 61.4 Å². The smallest absolute Gasteiger partial charge is 0.272 e. The Morgan fingerprint density at radius 3 is 2.35 bits per heavy atom. The first-order chi connectivity index (χ1) is 31.0. The molecule has 1 unspecified atom stereocenters. The number of fused-ring (bicyclic) bond motifs is 2. The zero-order valence-electron chi connectivity index (χ0n) is 37.7. The van der Waals surface area contributed by atoms with E-state index in [9.17, 15) is 29.2 Å². The van der Waals surface area contributed by atoms with Crippen molar-refractivity contribution >= 4 is 46.3 Å². The zero-order chi connectivity index (χ0) is 45.9. The molecular weight excluding hydrogens is 827 g/mol. The van der Waals surface area contributed by atoms with Crippen molar-refractivity contribution in [3.8, 4) is 17.6 Å². The molecule has 5 heterocycles. The Morgan fingerprint density at radius 2 is 1.68 bits per heavy atom. The predicted octanol–water partition coefficient (Wildman–Crippen LogP) is 5.45. The Labute approximate surface area is 378 Å². The molecule has 2 saturated heterocycles. The third kappa shape index (κ3) is 7.93. The first-order valence-electron chi connectivity index (χ1n) is 22.7. The lowest BCUT2D eigenvalue weighted by Crippen LogP contribution is -2.74. The van der Waals surface area contributed by atoms with Crippen LogP contribution in [0.4, 0.5) is 5.82 Å². The number of ether oxygens (including phenoxy) is 2. The molecule has 4 aromatic rings. The number of carbonyl (C=O) groups excluding carboxylic acids is 5. The molecule has 16 nitrogen and oxygen atoms in total. The summed E-state index contributed by atoms with van der Waals surface area (Å²) in [7, 11) is 0. The van der Waals surface area contributed by atoms with Crippen molar-refractivity contribution in [2.75, 3.05) is 24.5 Å². The van der Waals surface area contributed by atoms with Gasteiger partial charge in [0.15, 0.2) is 11.5 Å². The maximum atomic E-state index is 13.6. The van der Waals surface area contributed by atoms with Gasteiger partial charge in [-0.2, -0.15) is 5.26 Å². The first-order valence-corrected chi connectivity index (χ1v) is 22.7. The molecule has 2 aromatic heterocycles. The Kier molecular flexibility index (Phi) is 11.3. The van der Waals surface area contributed by atoms with Crippen LogP contribution in [0.25, 0.3) is 10.9 Å². The van der Waals surface area contributed by atoms with Gasteiger partial charge in [0.2, 0.25) is 11.8 Å². The fraction of sp³-hybridized carbons (Fsp3) is 0.490. The highest BCUT2D eigenvalue weighted by atomic mass is 16.5. The second-order valence-corrected chi connectivity index (χ2v) is 19.7. The Bertz CT molecular complexity index is 2590. The molecule has 338 valence electrons. The highest BCUT2D eigenvalue weighted by Crippen LogP contribution is 2.56. The number of nitriles is 1. The van der Waals surface area contributed by atoms with Crippen LogP contribution in [0, 0.1) is 28.1 Å². The molecule has 5 aliphatic rings. The molecule has 2 aromatic carbocycles. The molecule has 2 saturated carbocycles. The number of anilines is 1. The Morgan fingerprint density at radius 1 is 0.938 bits per heavy atom. The van der Waals surface area contributed by atoms with Gasteiger partial charge >= 0.3 is 0 Å². The summed E-state index contributed by atoms with van der Waals surface area (Å²) < 4.78 is 12.9. The summed E-state index contributed by atoms with van der Waals surface area (Å²) in [6, 6.07) is 17.5. The molecule has 2 N–H and O–H groups in total. The number of carbonyl (C=O) groups is 5. The van der Waals surface area contributed by atoms with Crippen LogP contribution < -0.4 is 25.0 Å². The highest BCUT2D eigenvalue weighted by Gasteiger charge is 2.64. The van der Waals surface area contributed by atoms with E-state index < -0.39 is 40.5 Å². The fourth-order valence-electron chi connectivity index (χ4n) is 11.1. The summed E-state index contributed by atoms with van der Waals surface area (Å²) >= 11 is 0. The molecule has 1 atom stereocenters. The topological polar surface area (TPSA) is 200 Å². The molecule has 9 rings (SSSR count). The van der Waals surface area contributed by atoms with Crippen molar-refractivity contribution < 1.29 is 33.4 Å². The maximum absolute atomic E-state index is 13.6. The molecule has 0 radical (unpaired) electrons. The van der Waals surface area contributed by atoms with Gasteiger partial charge in [-0.25, -0.2) is 0 Å². The van der Waals surface area contributed by atoms with E-state index in [4.69, 9.17) is 9.47 Å². The molecule has 65 heavy (non-hydrogen) atoms. The fourth-order valence-corrected chi connectivity index (χ4v) is 11.1. The summed E-state index contributed by atoms with van der Waals surface area (Å²) in [5, 5.41) is 24.7. The van der Waals surface area contributed by atoms with Crippen LogP contribution in [0.3, 0.4) is 0 Å². The van der Waals surface area contributed by atoms with Crippen LogP contribution in [0.5, 0.6) is 11.5 Å². The van der Waals surface area contributed by atoms with Gasteiger partial charge in [0.25, 0.3) is 17.7 Å². The van der Waals surface area contributed by atoms with E-state index in [1.807, 2.05) is 24.3 Å². The molecule has 3 aliphatic heterocycles. The van der Waals surface area contributed by atoms with Crippen LogP contribution in [0.2, 0.25) is 0 Å². The van der Waals surface area contributed by atoms with Gasteiger partial charge in [-0.3, -0.25) is 44.1 Å². The molecular formula is C49H55N9O7. The van der Waals surface area contributed by atoms with Gasteiger partial charge in [0.1, 0.15) is 35.8 Å². The number of amides is 5. The number of aromatic nitrogens is 3. The molecule has 5 amide bonds. The third-order valence-electron chi connectivity index (χ3n) is 14.4. The van der Waals surface area contributed by atoms with Crippen LogP contribution in [0.15, 0.2) is 60.8 Å². The van der Waals surface area contributed by atoms with E-state index in [-0.39, 0.29) is 53.8 Å². The predicted molar refractivity (Wildman–Crippen MR) is 239 cm³/mol. The quantitative estimate of drug-likeness (QED) is 0.171. The number of rotatable bonds is 12. The summed E-state index contributed by atoms with van der Waals surface area (Å²) in [6.07, 6.45) is 5.28. The summed E-state index contributed by atoms with van der Waals surface area (Å²) in [5.41, 5.74) is 0.962. The van der Waals surface area contributed by atoms with Crippen molar-refractivity contribution in [3.63, 3.8) is 0 Å². The SMILES string of the molecule is CC(C)N(CC1CCN(c2ccc(C(=O)NC3C(C)(C)C(Oc4ccc(C#N)c5ncccc45)C3(C)C)nn2)CC1)C1CC(Oc2ccc3c(c2)C(=O)N(C2CCC(=O)NC2=O)C3=O)C1. The minimum absolute atomic E-state index is 0.0278. The Balaban J connectivity index is 0.743. The van der Waals surface area contributed by atoms with Crippen molar-refractivity contribution in [2.24, 2.45) is 16.7 Å². The zero-order valence-corrected chi connectivity index (χ0v) is 37.7. The lowest BCUT2D eigenvalue weighted by atomic mass is 9.49. The van der Waals surface area contributed by atoms with Crippen molar-refractivity contribution in [1.82, 2.24) is 35.6 Å². The third-order valence-corrected chi connectivity index (χ3v) is 14.4. The van der Waals surface area contributed by atoms with Crippen molar-refractivity contribution in [2.45, 2.75) is 116 Å². The minimum atomic E-state index is -1.01. The second-order valence-electron chi connectivity index (χ2n) is 19.7. The largest absolute Gasteiger partial charge is 0.490 e. The molecule has 0 spiro atoms. The van der Waals surface area contributed by atoms with Gasteiger partial charge in [-0.1, -0.05) is 27.7 Å². The van der Waals surface area contributed by atoms with E-state index in [1.54, 1.807) is 36.5 Å². The molecule has 4 fully saturated rings. The highest BCUT2D eigenvalue weighted by molar-refractivity contribution is 6.23. The maximum Gasteiger partial charge on any atom is 0.272 e. The van der Waals surface area contributed by atoms with Gasteiger partial charge in [-0.15, -0.1) is 10.2 Å². The average Bonchev–Trinajstić information content (AvgIpc) is 3.52. The first kappa shape index (κ1) is 43.8. The summed E-state index contributed by atoms with van der Waals surface area (Å²) in [6.45, 7) is 15.4. The van der Waals surface area contributed by atoms with E-state index in [2.05, 4.69) is 83.2 Å². The number of piperidine rings is 2. The van der Waals surface area contributed by atoms with E-state index in [1.165, 1.54) is 0 Å². The van der Waals surface area contributed by atoms with Crippen LogP contribution in [-0.2, 0) is 9.59 Å². The van der Waals surface area contributed by atoms with Gasteiger partial charge < -0.3 is 19.7 Å². The van der Waals surface area contributed by atoms with Crippen LogP contribution in [0.1, 0.15) is 117 Å². The van der Waals surface area contributed by atoms with E-state index >= 15 is 0 Å². The normalized spacial score (nSPS) is 24.9. The van der Waals surface area contributed by atoms with Gasteiger partial charge in [0.05, 0.1) is 22.2 Å². The summed E-state index contributed by atoms with van der Waals surface area (Å²) in [4.78, 5) is 74.3. The minimum Gasteiger partial charge on any atom is -0.490 e. The number of benzene rings is 2. The Hall–Kier alpha value is -6.47. The van der Waals surface area contributed by atoms with Crippen LogP contribution >= 0.6 is 0 Å². The number of nitrogens with zero attached hydrogens (tertiary/aromatic N) is 7. The average molecular weight is 882 g/mol. The number of pyridine rings is 1. The molecule has 0 bridgehead atoms. The number of imide groups is 2. The standard InChI is InChI=1S/C49H55N9O7/c1-27(2)57(30-22-32(23-30)64-31-10-11-33-35(24-31)45(63)58(44(33)62)37-13-16-40(59)52-43(37)61)26-28-17-20-56(21-18-28)39-15-12-36(54-55-39)42(60)53-46-48(3,4)47(49(46,5)6)65-38-14-9-29(25-50)41-34(38)8-7-19-51-41/h7-12,14-15,19,24,27-28,30,32,37,46-47H,13,16-18,20-23,26H2,1-6H3,(H,53,60)(H,52,59,61). The monoisotopic (exact) mass is 881 g/mol. The molecule has 2 aliphatic carbocycles. The lowest BCUT2D eigenvalue weighted by molar-refractivity contribution is -0.163. The second kappa shape index (κ2) is 16.8. The number of hydrogen-bond donors (Lipinski definition) is 2. The molecule has 16 heteroatoms. The van der Waals surface area contributed by atoms with E-state index in [0.29, 0.717) is 40.6 Å². The van der Waals surface area contributed by atoms with Gasteiger partial charge in [-0.05, 0) is 93.6 Å². The van der Waals surface area contributed by atoms with Gasteiger partial charge in [0, 0.05) is 79.4 Å². The number of hydrogen-bond acceptors (Lipinski definition) is 13. The van der Waals surface area contributed by atoms with Crippen LogP contribution in [-0.4, -0.2) is 111 Å². The lowest BCUT2D eigenvalue weighted by Gasteiger charge is -2.63. The number of nitrogens with one attached hydrogen (secondary N) is 2. The van der Waals surface area contributed by atoms with Crippen molar-refractivity contribution in [3.05, 3.63) is 83.2 Å². The summed E-state index contributed by atoms with van der Waals surface area (Å²) in [5.74, 6) is 0.0214.